The van der Waals surface area contributed by atoms with Gasteiger partial charge in [0, 0.05) is 0 Å². The molecule has 0 aliphatic rings. The summed E-state index contributed by atoms with van der Waals surface area (Å²) in [5.41, 5.74) is 0. The van der Waals surface area contributed by atoms with Crippen molar-refractivity contribution < 1.29 is 0 Å². The topological polar surface area (TPSA) is 0 Å². The molecule has 1 unspecified atom stereocenters. The Morgan fingerprint density at radius 1 is 0.444 bits per heavy atom. The maximum absolute atomic E-state index is 3.06. The zero-order valence-electron chi connectivity index (χ0n) is 19.2. The molecule has 0 fully saturated rings. The van der Waals surface area contributed by atoms with E-state index in [4.69, 9.17) is 0 Å². The van der Waals surface area contributed by atoms with Crippen molar-refractivity contribution in [2.24, 2.45) is 0 Å². The molecule has 0 aliphatic carbocycles. The summed E-state index contributed by atoms with van der Waals surface area (Å²) in [6, 6.07) is 0. The van der Waals surface area contributed by atoms with Crippen LogP contribution in [0.5, 0.6) is 0 Å². The van der Waals surface area contributed by atoms with Crippen LogP contribution in [0.1, 0.15) is 136 Å². The number of rotatable bonds is 22. The van der Waals surface area contributed by atoms with Crippen LogP contribution in [-0.2, 0) is 0 Å². The van der Waals surface area contributed by atoms with E-state index in [0.29, 0.717) is 0 Å². The molecule has 0 rings (SSSR count). The molecule has 0 N–H and O–H groups in total. The van der Waals surface area contributed by atoms with Crippen LogP contribution in [0.4, 0.5) is 0 Å². The van der Waals surface area contributed by atoms with Crippen LogP contribution in [0, 0.1) is 0 Å². The molecule has 0 spiro atoms. The summed E-state index contributed by atoms with van der Waals surface area (Å²) in [6.45, 7) is 7.54. The van der Waals surface area contributed by atoms with Gasteiger partial charge in [0.1, 0.15) is 0 Å². The third kappa shape index (κ3) is 17.9. The molecule has 0 heterocycles. The Morgan fingerprint density at radius 2 is 0.704 bits per heavy atom. The first-order valence-corrected chi connectivity index (χ1v) is 19.5. The Hall–Kier alpha value is 1.38. The summed E-state index contributed by atoms with van der Waals surface area (Å²) in [6.07, 6.45) is 31.3. The van der Waals surface area contributed by atoms with E-state index in [-0.39, 0.29) is 0 Å². The van der Waals surface area contributed by atoms with Gasteiger partial charge in [-0.15, -0.1) is 0 Å². The van der Waals surface area contributed by atoms with Crippen LogP contribution in [0.15, 0.2) is 0 Å². The zero-order valence-corrected chi connectivity index (χ0v) is 23.0. The van der Waals surface area contributed by atoms with Crippen molar-refractivity contribution in [2.45, 2.75) is 136 Å². The van der Waals surface area contributed by atoms with Crippen LogP contribution in [0.2, 0.25) is 0 Å². The second-order valence-electron chi connectivity index (χ2n) is 8.72. The van der Waals surface area contributed by atoms with Gasteiger partial charge in [0.2, 0.25) is 0 Å². The average molecular weight is 483 g/mol. The van der Waals surface area contributed by atoms with E-state index in [1.54, 1.807) is 18.5 Å². The molecule has 3 heteroatoms. The molecule has 164 valence electrons. The number of hydrogen-bond donors (Lipinski definition) is 0. The van der Waals surface area contributed by atoms with Gasteiger partial charge in [0.05, 0.1) is 0 Å². The van der Waals surface area contributed by atoms with Crippen molar-refractivity contribution in [1.82, 2.24) is 0 Å². The van der Waals surface area contributed by atoms with Crippen molar-refractivity contribution in [2.75, 3.05) is 18.5 Å². The van der Waals surface area contributed by atoms with Gasteiger partial charge < -0.3 is 0 Å². The van der Waals surface area contributed by atoms with Gasteiger partial charge in [-0.2, -0.15) is 0 Å². The Labute approximate surface area is 184 Å². The van der Waals surface area contributed by atoms with Crippen molar-refractivity contribution >= 4 is 29.5 Å². The Balaban J connectivity index is 4.23. The van der Waals surface area contributed by atoms with E-state index in [2.05, 4.69) is 36.3 Å². The Kier molecular flexibility index (Phi) is 23.2. The molecule has 0 saturated heterocycles. The zero-order chi connectivity index (χ0) is 20.1. The van der Waals surface area contributed by atoms with Crippen LogP contribution in [-0.4, -0.2) is 34.1 Å². The van der Waals surface area contributed by atoms with Crippen LogP contribution in [0.3, 0.4) is 0 Å². The molecule has 0 saturated carbocycles. The normalized spacial score (nSPS) is 12.4. The van der Waals surface area contributed by atoms with E-state index < -0.39 is 6.95 Å². The SMILES string of the molecule is CCCCCCCC[P+](CCCCCCCC)(CCCCCCCC)P[SeH]. The molecule has 1 atom stereocenters. The van der Waals surface area contributed by atoms with Gasteiger partial charge in [0.25, 0.3) is 0 Å². The van der Waals surface area contributed by atoms with Crippen LogP contribution < -0.4 is 0 Å². The van der Waals surface area contributed by atoms with Gasteiger partial charge in [-0.25, -0.2) is 0 Å². The third-order valence-corrected chi connectivity index (χ3v) is 21.3. The summed E-state index contributed by atoms with van der Waals surface area (Å²) in [7, 11) is 0. The molecule has 0 radical (unpaired) electrons. The minimum atomic E-state index is -0.644. The van der Waals surface area contributed by atoms with Gasteiger partial charge in [-0.05, 0) is 0 Å². The summed E-state index contributed by atoms with van der Waals surface area (Å²) in [5.74, 6) is 0. The Bertz CT molecular complexity index is 243. The second-order valence-corrected chi connectivity index (χ2v) is 19.8. The van der Waals surface area contributed by atoms with Crippen molar-refractivity contribution in [3.63, 3.8) is 0 Å². The van der Waals surface area contributed by atoms with Crippen LogP contribution >= 0.6 is 13.9 Å². The monoisotopic (exact) mass is 483 g/mol. The van der Waals surface area contributed by atoms with Gasteiger partial charge in [0.15, 0.2) is 0 Å². The fourth-order valence-corrected chi connectivity index (χ4v) is 15.5. The first-order valence-electron chi connectivity index (χ1n) is 12.5. The molecule has 0 amide bonds. The van der Waals surface area contributed by atoms with Gasteiger partial charge >= 0.3 is 184 Å². The summed E-state index contributed by atoms with van der Waals surface area (Å²) < 4.78 is 0. The predicted molar refractivity (Wildman–Crippen MR) is 137 cm³/mol. The predicted octanol–water partition coefficient (Wildman–Crippen LogP) is 9.49. The minimum absolute atomic E-state index is 0.644. The first kappa shape index (κ1) is 28.4. The fraction of sp³-hybridized carbons (Fsp3) is 1.00. The quantitative estimate of drug-likeness (QED) is 0.0819. The standard InChI is InChI=1S/C24H53P2Se/c1-4-7-10-13-16-19-22-26(25-27,23-20-17-14-11-8-5-2)24-21-18-15-12-9-6-3/h25,27H,4-24H2,1-3H3/q+1. The van der Waals surface area contributed by atoms with E-state index >= 15 is 0 Å². The average Bonchev–Trinajstić information content (AvgIpc) is 2.69. The molecule has 0 aromatic rings. The third-order valence-electron chi connectivity index (χ3n) is 6.03. The fourth-order valence-electron chi connectivity index (χ4n) is 4.07. The van der Waals surface area contributed by atoms with Gasteiger partial charge in [-0.1, -0.05) is 0 Å². The van der Waals surface area contributed by atoms with E-state index in [1.807, 2.05) is 0 Å². The summed E-state index contributed by atoms with van der Waals surface area (Å²) in [5, 5.41) is 0. The molecule has 0 nitrogen and oxygen atoms in total. The molecule has 0 aliphatic heterocycles. The maximum atomic E-state index is 3.06. The molecule has 0 aromatic heterocycles. The second kappa shape index (κ2) is 22.1. The van der Waals surface area contributed by atoms with Crippen molar-refractivity contribution in [1.29, 1.82) is 0 Å². The van der Waals surface area contributed by atoms with Crippen LogP contribution in [0.25, 0.3) is 0 Å². The van der Waals surface area contributed by atoms with Gasteiger partial charge in [-0.3, -0.25) is 0 Å². The number of hydrogen-bond acceptors (Lipinski definition) is 0. The molecular weight excluding hydrogens is 429 g/mol. The molecular formula is C24H53P2Se+. The van der Waals surface area contributed by atoms with E-state index in [1.165, 1.54) is 123 Å². The Morgan fingerprint density at radius 3 is 0.963 bits per heavy atom. The molecule has 0 bridgehead atoms. The van der Waals surface area contributed by atoms with E-state index in [0.717, 1.165) is 0 Å². The van der Waals surface area contributed by atoms with Crippen molar-refractivity contribution in [3.8, 4) is 0 Å². The molecule has 27 heavy (non-hydrogen) atoms. The summed E-state index contributed by atoms with van der Waals surface area (Å²) >= 11 is 3.06. The number of unbranched alkanes of at least 4 members (excludes halogenated alkanes) is 15. The van der Waals surface area contributed by atoms with E-state index in [9.17, 15) is 0 Å². The summed E-state index contributed by atoms with van der Waals surface area (Å²) in [4.78, 5) is 0. The van der Waals surface area contributed by atoms with Crippen molar-refractivity contribution in [3.05, 3.63) is 0 Å². The molecule has 0 aromatic carbocycles. The first-order chi connectivity index (χ1) is 13.2.